The summed E-state index contributed by atoms with van der Waals surface area (Å²) < 4.78 is 1.74. The normalized spacial score (nSPS) is 20.8. The van der Waals surface area contributed by atoms with Crippen LogP contribution in [0.3, 0.4) is 0 Å². The van der Waals surface area contributed by atoms with Crippen molar-refractivity contribution in [1.29, 1.82) is 0 Å². The maximum Gasteiger partial charge on any atom is 0.220 e. The number of benzene rings is 1. The Bertz CT molecular complexity index is 708. The van der Waals surface area contributed by atoms with E-state index in [9.17, 15) is 9.90 Å². The van der Waals surface area contributed by atoms with Gasteiger partial charge < -0.3 is 10.4 Å². The summed E-state index contributed by atoms with van der Waals surface area (Å²) in [4.78, 5) is 12.4. The third-order valence-electron chi connectivity index (χ3n) is 4.80. The van der Waals surface area contributed by atoms with Gasteiger partial charge in [0.2, 0.25) is 5.91 Å². The number of carbonyl (C=O) groups excluding carboxylic acids is 1. The van der Waals surface area contributed by atoms with E-state index in [4.69, 9.17) is 11.6 Å². The molecule has 25 heavy (non-hydrogen) atoms. The van der Waals surface area contributed by atoms with E-state index >= 15 is 0 Å². The van der Waals surface area contributed by atoms with Gasteiger partial charge in [0, 0.05) is 30.3 Å². The number of rotatable bonds is 7. The predicted molar refractivity (Wildman–Crippen MR) is 97.2 cm³/mol. The van der Waals surface area contributed by atoms with Gasteiger partial charge in [0.25, 0.3) is 0 Å². The van der Waals surface area contributed by atoms with Crippen LogP contribution < -0.4 is 5.32 Å². The standard InChI is InChI=1S/C19H24ClN3O2/c1-23-12-15(11-21-23)19(14-9-17(24)10-14)22-18(25)4-2-3-13-5-7-16(20)8-6-13/h5-8,11-12,14,17,19,24H,2-4,9-10H2,1H3,(H,22,25)/t14?,17?,19-/m1/s1. The summed E-state index contributed by atoms with van der Waals surface area (Å²) in [5, 5.41) is 17.7. The van der Waals surface area contributed by atoms with E-state index in [-0.39, 0.29) is 24.0 Å². The lowest BCUT2D eigenvalue weighted by Crippen LogP contribution is -2.41. The lowest BCUT2D eigenvalue weighted by atomic mass is 9.75. The molecule has 1 aromatic carbocycles. The second kappa shape index (κ2) is 8.02. The fourth-order valence-electron chi connectivity index (χ4n) is 3.33. The number of aliphatic hydroxyl groups excluding tert-OH is 1. The zero-order valence-corrected chi connectivity index (χ0v) is 15.1. The van der Waals surface area contributed by atoms with Gasteiger partial charge in [-0.25, -0.2) is 0 Å². The fraction of sp³-hybridized carbons (Fsp3) is 0.474. The van der Waals surface area contributed by atoms with Crippen molar-refractivity contribution in [3.63, 3.8) is 0 Å². The molecule has 6 heteroatoms. The molecular formula is C19H24ClN3O2. The molecule has 1 heterocycles. The van der Waals surface area contributed by atoms with E-state index in [1.165, 1.54) is 5.56 Å². The predicted octanol–water partition coefficient (Wildman–Crippen LogP) is 3.02. The molecule has 5 nitrogen and oxygen atoms in total. The zero-order chi connectivity index (χ0) is 17.8. The number of halogens is 1. The molecular weight excluding hydrogens is 338 g/mol. The van der Waals surface area contributed by atoms with E-state index in [1.54, 1.807) is 10.9 Å². The molecule has 0 aliphatic heterocycles. The van der Waals surface area contributed by atoms with Gasteiger partial charge in [-0.3, -0.25) is 9.48 Å². The van der Waals surface area contributed by atoms with Crippen molar-refractivity contribution in [1.82, 2.24) is 15.1 Å². The highest BCUT2D eigenvalue weighted by Crippen LogP contribution is 2.38. The van der Waals surface area contributed by atoms with Crippen LogP contribution in [0.2, 0.25) is 5.02 Å². The Morgan fingerprint density at radius 1 is 1.40 bits per heavy atom. The quantitative estimate of drug-likeness (QED) is 0.796. The number of aromatic nitrogens is 2. The Kier molecular flexibility index (Phi) is 5.76. The zero-order valence-electron chi connectivity index (χ0n) is 14.4. The van der Waals surface area contributed by atoms with Crippen LogP contribution in [0.1, 0.15) is 42.9 Å². The van der Waals surface area contributed by atoms with E-state index in [0.717, 1.165) is 36.3 Å². The van der Waals surface area contributed by atoms with Crippen LogP contribution in [0.15, 0.2) is 36.7 Å². The minimum atomic E-state index is -0.244. The van der Waals surface area contributed by atoms with Gasteiger partial charge in [-0.1, -0.05) is 23.7 Å². The molecule has 2 aromatic rings. The topological polar surface area (TPSA) is 67.2 Å². The maximum absolute atomic E-state index is 12.4. The van der Waals surface area contributed by atoms with Crippen molar-refractivity contribution in [2.45, 2.75) is 44.2 Å². The molecule has 1 amide bonds. The molecule has 1 atom stereocenters. The van der Waals surface area contributed by atoms with E-state index in [2.05, 4.69) is 10.4 Å². The number of nitrogens with one attached hydrogen (secondary N) is 1. The lowest BCUT2D eigenvalue weighted by Gasteiger charge is -2.37. The van der Waals surface area contributed by atoms with Crippen molar-refractivity contribution in [2.24, 2.45) is 13.0 Å². The van der Waals surface area contributed by atoms with Crippen molar-refractivity contribution in [2.75, 3.05) is 0 Å². The molecule has 3 rings (SSSR count). The highest BCUT2D eigenvalue weighted by molar-refractivity contribution is 6.30. The monoisotopic (exact) mass is 361 g/mol. The molecule has 134 valence electrons. The number of amides is 1. The summed E-state index contributed by atoms with van der Waals surface area (Å²) >= 11 is 5.88. The summed E-state index contributed by atoms with van der Waals surface area (Å²) in [7, 11) is 1.87. The first-order valence-electron chi connectivity index (χ1n) is 8.71. The number of hydrogen-bond acceptors (Lipinski definition) is 3. The first kappa shape index (κ1) is 18.0. The van der Waals surface area contributed by atoms with Crippen molar-refractivity contribution >= 4 is 17.5 Å². The second-order valence-corrected chi connectivity index (χ2v) is 7.29. The lowest BCUT2D eigenvalue weighted by molar-refractivity contribution is -0.123. The third kappa shape index (κ3) is 4.83. The fourth-order valence-corrected chi connectivity index (χ4v) is 3.45. The average Bonchev–Trinajstić information content (AvgIpc) is 2.98. The van der Waals surface area contributed by atoms with E-state index < -0.39 is 0 Å². The first-order valence-corrected chi connectivity index (χ1v) is 9.09. The maximum atomic E-state index is 12.4. The van der Waals surface area contributed by atoms with Crippen molar-refractivity contribution in [3.8, 4) is 0 Å². The first-order chi connectivity index (χ1) is 12.0. The molecule has 0 saturated heterocycles. The largest absolute Gasteiger partial charge is 0.393 e. The number of carbonyl (C=O) groups is 1. The average molecular weight is 362 g/mol. The van der Waals surface area contributed by atoms with E-state index in [1.807, 2.05) is 37.5 Å². The number of aryl methyl sites for hydroxylation is 2. The van der Waals surface area contributed by atoms with Crippen LogP contribution in [0.4, 0.5) is 0 Å². The van der Waals surface area contributed by atoms with Crippen LogP contribution in [0.5, 0.6) is 0 Å². The van der Waals surface area contributed by atoms with Gasteiger partial charge in [0.15, 0.2) is 0 Å². The van der Waals surface area contributed by atoms with Crippen molar-refractivity contribution < 1.29 is 9.90 Å². The smallest absolute Gasteiger partial charge is 0.220 e. The highest BCUT2D eigenvalue weighted by Gasteiger charge is 2.36. The van der Waals surface area contributed by atoms with Gasteiger partial charge in [-0.05, 0) is 49.3 Å². The minimum absolute atomic E-state index is 0.0456. The Balaban J connectivity index is 1.52. The molecule has 1 fully saturated rings. The molecule has 1 aromatic heterocycles. The summed E-state index contributed by atoms with van der Waals surface area (Å²) in [5.74, 6) is 0.323. The Hall–Kier alpha value is -1.85. The molecule has 2 N–H and O–H groups in total. The molecule has 0 unspecified atom stereocenters. The summed E-state index contributed by atoms with van der Waals surface area (Å²) in [6.07, 6.45) is 7.06. The second-order valence-electron chi connectivity index (χ2n) is 6.86. The van der Waals surface area contributed by atoms with Gasteiger partial charge in [0.1, 0.15) is 0 Å². The molecule has 0 spiro atoms. The number of hydrogen-bond donors (Lipinski definition) is 2. The van der Waals surface area contributed by atoms with E-state index in [0.29, 0.717) is 6.42 Å². The van der Waals surface area contributed by atoms with Gasteiger partial charge in [-0.15, -0.1) is 0 Å². The van der Waals surface area contributed by atoms with Gasteiger partial charge in [-0.2, -0.15) is 5.10 Å². The summed E-state index contributed by atoms with van der Waals surface area (Å²) in [6, 6.07) is 7.66. The molecule has 0 radical (unpaired) electrons. The van der Waals surface area contributed by atoms with Crippen LogP contribution in [-0.4, -0.2) is 26.9 Å². The molecule has 0 bridgehead atoms. The Morgan fingerprint density at radius 2 is 2.12 bits per heavy atom. The molecule has 1 saturated carbocycles. The molecule has 1 aliphatic rings. The van der Waals surface area contributed by atoms with Crippen LogP contribution >= 0.6 is 11.6 Å². The van der Waals surface area contributed by atoms with Crippen LogP contribution in [0, 0.1) is 5.92 Å². The number of nitrogens with zero attached hydrogens (tertiary/aromatic N) is 2. The Morgan fingerprint density at radius 3 is 2.72 bits per heavy atom. The highest BCUT2D eigenvalue weighted by atomic mass is 35.5. The third-order valence-corrected chi connectivity index (χ3v) is 5.06. The van der Waals surface area contributed by atoms with Gasteiger partial charge >= 0.3 is 0 Å². The van der Waals surface area contributed by atoms with Crippen molar-refractivity contribution in [3.05, 3.63) is 52.8 Å². The minimum Gasteiger partial charge on any atom is -0.393 e. The summed E-state index contributed by atoms with van der Waals surface area (Å²) in [6.45, 7) is 0. The van der Waals surface area contributed by atoms with Gasteiger partial charge in [0.05, 0.1) is 18.3 Å². The summed E-state index contributed by atoms with van der Waals surface area (Å²) in [5.41, 5.74) is 2.19. The number of aliphatic hydroxyl groups is 1. The SMILES string of the molecule is Cn1cc([C@H](NC(=O)CCCc2ccc(Cl)cc2)C2CC(O)C2)cn1. The molecule has 1 aliphatic carbocycles. The van der Waals surface area contributed by atoms with Crippen LogP contribution in [0.25, 0.3) is 0 Å². The Labute approximate surface area is 153 Å². The van der Waals surface area contributed by atoms with Crippen LogP contribution in [-0.2, 0) is 18.3 Å².